The Hall–Kier alpha value is -0.580. The predicted octanol–water partition coefficient (Wildman–Crippen LogP) is 2.39. The second-order valence-electron chi connectivity index (χ2n) is 4.64. The molecule has 1 unspecified atom stereocenters. The van der Waals surface area contributed by atoms with Gasteiger partial charge in [-0.25, -0.2) is 0 Å². The maximum absolute atomic E-state index is 6.35. The minimum Gasteiger partial charge on any atom is -0.377 e. The Bertz CT molecular complexity index is 386. The minimum absolute atomic E-state index is 0.368. The highest BCUT2D eigenvalue weighted by atomic mass is 35.5. The van der Waals surface area contributed by atoms with Crippen LogP contribution in [0.2, 0.25) is 5.02 Å². The summed E-state index contributed by atoms with van der Waals surface area (Å²) in [5.74, 6) is 0. The van der Waals surface area contributed by atoms with E-state index in [9.17, 15) is 0 Å². The van der Waals surface area contributed by atoms with Crippen molar-refractivity contribution in [1.82, 2.24) is 15.1 Å². The van der Waals surface area contributed by atoms with Gasteiger partial charge in [0, 0.05) is 26.2 Å². The topological polar surface area (TPSA) is 39.1 Å². The molecule has 0 amide bonds. The van der Waals surface area contributed by atoms with Crippen molar-refractivity contribution < 1.29 is 4.74 Å². The molecule has 1 aliphatic rings. The maximum Gasteiger partial charge on any atom is 0.0863 e. The van der Waals surface area contributed by atoms with Gasteiger partial charge < -0.3 is 10.1 Å². The lowest BCUT2D eigenvalue weighted by Gasteiger charge is -2.11. The van der Waals surface area contributed by atoms with Crippen molar-refractivity contribution in [3.05, 3.63) is 16.4 Å². The summed E-state index contributed by atoms with van der Waals surface area (Å²) < 4.78 is 7.58. The van der Waals surface area contributed by atoms with Crippen LogP contribution in [-0.4, -0.2) is 29.0 Å². The fraction of sp³-hybridized carbons (Fsp3) is 0.769. The molecule has 4 nitrogen and oxygen atoms in total. The van der Waals surface area contributed by atoms with Gasteiger partial charge in [0.2, 0.25) is 0 Å². The molecule has 1 aromatic heterocycles. The molecule has 2 rings (SSSR count). The van der Waals surface area contributed by atoms with Gasteiger partial charge in [-0.15, -0.1) is 0 Å². The first-order valence-corrected chi connectivity index (χ1v) is 7.20. The molecule has 0 aliphatic carbocycles. The zero-order valence-electron chi connectivity index (χ0n) is 11.2. The fourth-order valence-corrected chi connectivity index (χ4v) is 2.68. The molecule has 18 heavy (non-hydrogen) atoms. The summed E-state index contributed by atoms with van der Waals surface area (Å²) in [5.41, 5.74) is 2.08. The number of aryl methyl sites for hydroxylation is 2. The van der Waals surface area contributed by atoms with Crippen LogP contribution in [0.3, 0.4) is 0 Å². The van der Waals surface area contributed by atoms with E-state index < -0.39 is 0 Å². The molecule has 102 valence electrons. The maximum atomic E-state index is 6.35. The number of nitrogens with one attached hydrogen (secondary N) is 1. The van der Waals surface area contributed by atoms with E-state index >= 15 is 0 Å². The average molecular weight is 272 g/mol. The third-order valence-electron chi connectivity index (χ3n) is 3.38. The lowest BCUT2D eigenvalue weighted by Crippen LogP contribution is -2.26. The van der Waals surface area contributed by atoms with E-state index in [1.54, 1.807) is 0 Å². The van der Waals surface area contributed by atoms with Crippen LogP contribution in [0.15, 0.2) is 0 Å². The standard InChI is InChI=1S/C13H22ClN3O/c1-3-11-13(14)12(17(4-2)16-11)9-15-8-10-6-5-7-18-10/h10,15H,3-9H2,1-2H3. The highest BCUT2D eigenvalue weighted by Crippen LogP contribution is 2.21. The van der Waals surface area contributed by atoms with Crippen molar-refractivity contribution in [3.8, 4) is 0 Å². The van der Waals surface area contributed by atoms with E-state index in [1.807, 2.05) is 4.68 Å². The van der Waals surface area contributed by atoms with Crippen LogP contribution in [0, 0.1) is 0 Å². The number of hydrogen-bond acceptors (Lipinski definition) is 3. The summed E-state index contributed by atoms with van der Waals surface area (Å²) in [6.07, 6.45) is 3.59. The lowest BCUT2D eigenvalue weighted by molar-refractivity contribution is 0.110. The molecule has 1 atom stereocenters. The highest BCUT2D eigenvalue weighted by Gasteiger charge is 2.17. The van der Waals surface area contributed by atoms with Crippen molar-refractivity contribution >= 4 is 11.6 Å². The normalized spacial score (nSPS) is 19.6. The molecular weight excluding hydrogens is 250 g/mol. The Balaban J connectivity index is 1.92. The van der Waals surface area contributed by atoms with Gasteiger partial charge in [-0.05, 0) is 26.2 Å². The first kappa shape index (κ1) is 13.8. The highest BCUT2D eigenvalue weighted by molar-refractivity contribution is 6.31. The minimum atomic E-state index is 0.368. The van der Waals surface area contributed by atoms with E-state index in [-0.39, 0.29) is 0 Å². The number of nitrogens with zero attached hydrogens (tertiary/aromatic N) is 2. The van der Waals surface area contributed by atoms with E-state index in [1.165, 1.54) is 6.42 Å². The van der Waals surface area contributed by atoms with Crippen molar-refractivity contribution in [1.29, 1.82) is 0 Å². The smallest absolute Gasteiger partial charge is 0.0863 e. The Kier molecular flexibility index (Phi) is 5.03. The average Bonchev–Trinajstić information content (AvgIpc) is 2.99. The SMILES string of the molecule is CCc1nn(CC)c(CNCC2CCCO2)c1Cl. The van der Waals surface area contributed by atoms with Gasteiger partial charge in [0.15, 0.2) is 0 Å². The molecule has 0 bridgehead atoms. The van der Waals surface area contributed by atoms with E-state index in [4.69, 9.17) is 16.3 Å². The summed E-state index contributed by atoms with van der Waals surface area (Å²) in [7, 11) is 0. The van der Waals surface area contributed by atoms with Crippen LogP contribution in [0.25, 0.3) is 0 Å². The Morgan fingerprint density at radius 2 is 2.33 bits per heavy atom. The van der Waals surface area contributed by atoms with Crippen LogP contribution >= 0.6 is 11.6 Å². The van der Waals surface area contributed by atoms with Crippen molar-refractivity contribution in [3.63, 3.8) is 0 Å². The second-order valence-corrected chi connectivity index (χ2v) is 5.02. The monoisotopic (exact) mass is 271 g/mol. The molecular formula is C13H22ClN3O. The Morgan fingerprint density at radius 3 is 2.94 bits per heavy atom. The van der Waals surface area contributed by atoms with Crippen molar-refractivity contribution in [2.24, 2.45) is 0 Å². The molecule has 1 saturated heterocycles. The molecule has 0 radical (unpaired) electrons. The van der Waals surface area contributed by atoms with Crippen LogP contribution in [-0.2, 0) is 24.2 Å². The summed E-state index contributed by atoms with van der Waals surface area (Å²) in [6, 6.07) is 0. The molecule has 1 N–H and O–H groups in total. The third kappa shape index (κ3) is 3.05. The molecule has 5 heteroatoms. The lowest BCUT2D eigenvalue weighted by atomic mass is 10.2. The van der Waals surface area contributed by atoms with E-state index in [0.29, 0.717) is 6.10 Å². The molecule has 2 heterocycles. The summed E-state index contributed by atoms with van der Waals surface area (Å²) in [5, 5.41) is 8.76. The van der Waals surface area contributed by atoms with Gasteiger partial charge in [0.1, 0.15) is 0 Å². The second kappa shape index (κ2) is 6.55. The number of rotatable bonds is 6. The van der Waals surface area contributed by atoms with Crippen molar-refractivity contribution in [2.75, 3.05) is 13.2 Å². The quantitative estimate of drug-likeness (QED) is 0.864. The number of hydrogen-bond donors (Lipinski definition) is 1. The number of ether oxygens (including phenoxy) is 1. The van der Waals surface area contributed by atoms with Crippen LogP contribution in [0.1, 0.15) is 38.1 Å². The molecule has 0 saturated carbocycles. The third-order valence-corrected chi connectivity index (χ3v) is 3.82. The van der Waals surface area contributed by atoms with E-state index in [2.05, 4.69) is 24.3 Å². The van der Waals surface area contributed by atoms with Gasteiger partial charge in [0.05, 0.1) is 22.5 Å². The van der Waals surface area contributed by atoms with E-state index in [0.717, 1.165) is 55.5 Å². The van der Waals surface area contributed by atoms with Gasteiger partial charge in [0.25, 0.3) is 0 Å². The Morgan fingerprint density at radius 1 is 1.50 bits per heavy atom. The van der Waals surface area contributed by atoms with Gasteiger partial charge in [-0.3, -0.25) is 4.68 Å². The first-order chi connectivity index (χ1) is 8.76. The number of aromatic nitrogens is 2. The van der Waals surface area contributed by atoms with Crippen LogP contribution < -0.4 is 5.32 Å². The first-order valence-electron chi connectivity index (χ1n) is 6.82. The largest absolute Gasteiger partial charge is 0.377 e. The molecule has 1 fully saturated rings. The van der Waals surface area contributed by atoms with Crippen LogP contribution in [0.5, 0.6) is 0 Å². The zero-order chi connectivity index (χ0) is 13.0. The summed E-state index contributed by atoms with van der Waals surface area (Å²) >= 11 is 6.35. The molecule has 1 aromatic rings. The molecule has 0 spiro atoms. The fourth-order valence-electron chi connectivity index (χ4n) is 2.34. The van der Waals surface area contributed by atoms with Crippen molar-refractivity contribution in [2.45, 2.75) is 52.3 Å². The van der Waals surface area contributed by atoms with Crippen LogP contribution in [0.4, 0.5) is 0 Å². The summed E-state index contributed by atoms with van der Waals surface area (Å²) in [6.45, 7) is 7.59. The number of halogens is 1. The van der Waals surface area contributed by atoms with Gasteiger partial charge in [-0.2, -0.15) is 5.10 Å². The molecule has 0 aromatic carbocycles. The summed E-state index contributed by atoms with van der Waals surface area (Å²) in [4.78, 5) is 0. The Labute approximate surface area is 114 Å². The van der Waals surface area contributed by atoms with Gasteiger partial charge >= 0.3 is 0 Å². The predicted molar refractivity (Wildman–Crippen MR) is 73.0 cm³/mol. The molecule has 1 aliphatic heterocycles. The van der Waals surface area contributed by atoms with Gasteiger partial charge in [-0.1, -0.05) is 18.5 Å². The zero-order valence-corrected chi connectivity index (χ0v) is 12.0.